The molecule has 164 valence electrons. The Labute approximate surface area is 185 Å². The minimum absolute atomic E-state index is 0.257. The number of alkyl carbamates (subject to hydrolysis) is 1. The summed E-state index contributed by atoms with van der Waals surface area (Å²) in [6, 6.07) is 10.6. The van der Waals surface area contributed by atoms with Gasteiger partial charge in [-0.15, -0.1) is 6.58 Å². The van der Waals surface area contributed by atoms with Gasteiger partial charge in [-0.05, 0) is 98.3 Å². The Hall–Kier alpha value is -3.01. The second-order valence-electron chi connectivity index (χ2n) is 9.21. The van der Waals surface area contributed by atoms with E-state index in [-0.39, 0.29) is 6.04 Å². The number of methoxy groups -OCH3 is 1. The van der Waals surface area contributed by atoms with E-state index in [1.54, 1.807) is 13.2 Å². The van der Waals surface area contributed by atoms with Gasteiger partial charge in [0.25, 0.3) is 0 Å². The van der Waals surface area contributed by atoms with Gasteiger partial charge in [0, 0.05) is 0 Å². The Morgan fingerprint density at radius 2 is 1.74 bits per heavy atom. The van der Waals surface area contributed by atoms with Gasteiger partial charge in [-0.1, -0.05) is 29.8 Å². The number of amides is 1. The van der Waals surface area contributed by atoms with Crippen LogP contribution in [0.2, 0.25) is 0 Å². The highest BCUT2D eigenvalue weighted by Crippen LogP contribution is 2.37. The van der Waals surface area contributed by atoms with Crippen molar-refractivity contribution in [2.45, 2.75) is 59.6 Å². The number of carbonyl (C=O) groups is 1. The van der Waals surface area contributed by atoms with Gasteiger partial charge in [0.2, 0.25) is 0 Å². The van der Waals surface area contributed by atoms with Crippen molar-refractivity contribution in [1.82, 2.24) is 5.32 Å². The standard InChI is InChI=1S/C27H33NO3/c1-9-19(28-26(29)31-27(5,6)7)14-21-18(4)20-11-10-16(2)12-22(20)23-13-17(3)25(30-8)15-24(21)23/h9-13,15,19H,1,14H2,2-8H3,(H,28,29)/t19-/m1/s1. The molecule has 0 heterocycles. The number of carbonyl (C=O) groups excluding carboxylic acids is 1. The molecule has 0 fully saturated rings. The Balaban J connectivity index is 2.15. The van der Waals surface area contributed by atoms with E-state index < -0.39 is 11.7 Å². The molecule has 0 spiro atoms. The van der Waals surface area contributed by atoms with Gasteiger partial charge < -0.3 is 14.8 Å². The van der Waals surface area contributed by atoms with E-state index in [4.69, 9.17) is 9.47 Å². The highest BCUT2D eigenvalue weighted by Gasteiger charge is 2.21. The fraction of sp³-hybridized carbons (Fsp3) is 0.370. The van der Waals surface area contributed by atoms with Gasteiger partial charge in [-0.25, -0.2) is 4.79 Å². The largest absolute Gasteiger partial charge is 0.496 e. The van der Waals surface area contributed by atoms with Crippen molar-refractivity contribution in [2.75, 3.05) is 7.11 Å². The fourth-order valence-electron chi connectivity index (χ4n) is 4.09. The van der Waals surface area contributed by atoms with Crippen LogP contribution in [0.4, 0.5) is 4.79 Å². The van der Waals surface area contributed by atoms with Crippen LogP contribution in [0.15, 0.2) is 43.0 Å². The lowest BCUT2D eigenvalue weighted by Gasteiger charge is -2.24. The molecule has 3 rings (SSSR count). The van der Waals surface area contributed by atoms with Crippen LogP contribution in [-0.4, -0.2) is 24.8 Å². The van der Waals surface area contributed by atoms with Crippen molar-refractivity contribution in [3.63, 3.8) is 0 Å². The molecule has 3 aromatic carbocycles. The molecular weight excluding hydrogens is 386 g/mol. The van der Waals surface area contributed by atoms with Crippen LogP contribution in [0.5, 0.6) is 5.75 Å². The van der Waals surface area contributed by atoms with E-state index >= 15 is 0 Å². The third-order valence-electron chi connectivity index (χ3n) is 5.59. The predicted molar refractivity (Wildman–Crippen MR) is 129 cm³/mol. The van der Waals surface area contributed by atoms with Crippen LogP contribution in [-0.2, 0) is 11.2 Å². The van der Waals surface area contributed by atoms with Gasteiger partial charge in [0.15, 0.2) is 0 Å². The van der Waals surface area contributed by atoms with Crippen LogP contribution in [0, 0.1) is 20.8 Å². The minimum Gasteiger partial charge on any atom is -0.496 e. The van der Waals surface area contributed by atoms with Crippen molar-refractivity contribution in [2.24, 2.45) is 0 Å². The molecule has 0 aliphatic carbocycles. The zero-order valence-electron chi connectivity index (χ0n) is 19.7. The normalized spacial score (nSPS) is 12.6. The second-order valence-corrected chi connectivity index (χ2v) is 9.21. The molecule has 4 nitrogen and oxygen atoms in total. The average Bonchev–Trinajstić information content (AvgIpc) is 2.68. The maximum absolute atomic E-state index is 12.4. The first-order chi connectivity index (χ1) is 14.5. The maximum atomic E-state index is 12.4. The lowest BCUT2D eigenvalue weighted by molar-refractivity contribution is 0.0514. The quantitative estimate of drug-likeness (QED) is 0.377. The molecule has 4 heteroatoms. The summed E-state index contributed by atoms with van der Waals surface area (Å²) < 4.78 is 11.1. The van der Waals surface area contributed by atoms with E-state index in [0.29, 0.717) is 6.42 Å². The van der Waals surface area contributed by atoms with Crippen LogP contribution in [0.25, 0.3) is 21.5 Å². The molecule has 0 radical (unpaired) electrons. The Morgan fingerprint density at radius 1 is 1.06 bits per heavy atom. The number of aryl methyl sites for hydroxylation is 3. The first-order valence-electron chi connectivity index (χ1n) is 10.7. The Bertz CT molecular complexity index is 1160. The Kier molecular flexibility index (Phi) is 6.30. The molecule has 0 aliphatic heterocycles. The summed E-state index contributed by atoms with van der Waals surface area (Å²) in [5.41, 5.74) is 4.14. The molecule has 0 aliphatic rings. The van der Waals surface area contributed by atoms with Gasteiger partial charge >= 0.3 is 6.09 Å². The third-order valence-corrected chi connectivity index (χ3v) is 5.59. The number of nitrogens with one attached hydrogen (secondary N) is 1. The van der Waals surface area contributed by atoms with Crippen LogP contribution >= 0.6 is 0 Å². The minimum atomic E-state index is -0.551. The molecule has 0 unspecified atom stereocenters. The lowest BCUT2D eigenvalue weighted by atomic mass is 9.87. The van der Waals surface area contributed by atoms with Crippen molar-refractivity contribution in [3.8, 4) is 5.75 Å². The molecule has 0 saturated carbocycles. The summed E-state index contributed by atoms with van der Waals surface area (Å²) in [6.07, 6.45) is 1.94. The van der Waals surface area contributed by atoms with E-state index in [1.165, 1.54) is 32.8 Å². The molecule has 0 saturated heterocycles. The van der Waals surface area contributed by atoms with Crippen molar-refractivity contribution in [3.05, 3.63) is 65.2 Å². The molecule has 31 heavy (non-hydrogen) atoms. The van der Waals surface area contributed by atoms with Gasteiger partial charge in [0.05, 0.1) is 13.2 Å². The topological polar surface area (TPSA) is 47.6 Å². The lowest BCUT2D eigenvalue weighted by Crippen LogP contribution is -2.39. The number of hydrogen-bond acceptors (Lipinski definition) is 3. The second kappa shape index (κ2) is 8.62. The monoisotopic (exact) mass is 419 g/mol. The van der Waals surface area contributed by atoms with E-state index in [1.807, 2.05) is 20.8 Å². The molecule has 1 amide bonds. The highest BCUT2D eigenvalue weighted by atomic mass is 16.6. The summed E-state index contributed by atoms with van der Waals surface area (Å²) in [4.78, 5) is 12.4. The van der Waals surface area contributed by atoms with Crippen LogP contribution in [0.1, 0.15) is 43.0 Å². The SMILES string of the molecule is C=C[C@H](Cc1c(C)c2ccc(C)cc2c2cc(C)c(OC)cc12)NC(=O)OC(C)(C)C. The van der Waals surface area contributed by atoms with E-state index in [2.05, 4.69) is 63.0 Å². The zero-order chi connectivity index (χ0) is 22.9. The summed E-state index contributed by atoms with van der Waals surface area (Å²) in [5, 5.41) is 7.73. The molecule has 0 bridgehead atoms. The first-order valence-corrected chi connectivity index (χ1v) is 10.7. The van der Waals surface area contributed by atoms with Gasteiger partial charge in [0.1, 0.15) is 11.4 Å². The number of fused-ring (bicyclic) bond motifs is 3. The number of rotatable bonds is 5. The van der Waals surface area contributed by atoms with Crippen LogP contribution in [0.3, 0.4) is 0 Å². The molecule has 1 N–H and O–H groups in total. The van der Waals surface area contributed by atoms with Crippen molar-refractivity contribution in [1.29, 1.82) is 0 Å². The molecular formula is C27H33NO3. The summed E-state index contributed by atoms with van der Waals surface area (Å²) in [7, 11) is 1.70. The first kappa shape index (κ1) is 22.7. The van der Waals surface area contributed by atoms with Gasteiger partial charge in [-0.2, -0.15) is 0 Å². The molecule has 0 aromatic heterocycles. The average molecular weight is 420 g/mol. The maximum Gasteiger partial charge on any atom is 0.408 e. The Morgan fingerprint density at radius 3 is 2.35 bits per heavy atom. The molecule has 1 atom stereocenters. The van der Waals surface area contributed by atoms with E-state index in [9.17, 15) is 4.79 Å². The number of hydrogen-bond donors (Lipinski definition) is 1. The number of benzene rings is 3. The molecule has 3 aromatic rings. The highest BCUT2D eigenvalue weighted by molar-refractivity contribution is 6.11. The zero-order valence-corrected chi connectivity index (χ0v) is 19.7. The van der Waals surface area contributed by atoms with Gasteiger partial charge in [-0.3, -0.25) is 0 Å². The predicted octanol–water partition coefficient (Wildman–Crippen LogP) is 6.55. The van der Waals surface area contributed by atoms with Crippen molar-refractivity contribution < 1.29 is 14.3 Å². The van der Waals surface area contributed by atoms with E-state index in [0.717, 1.165) is 16.7 Å². The third kappa shape index (κ3) is 4.84. The van der Waals surface area contributed by atoms with Crippen LogP contribution < -0.4 is 10.1 Å². The summed E-state index contributed by atoms with van der Waals surface area (Å²) in [6.45, 7) is 15.8. The summed E-state index contributed by atoms with van der Waals surface area (Å²) in [5.74, 6) is 0.857. The number of ether oxygens (including phenoxy) is 2. The smallest absolute Gasteiger partial charge is 0.408 e. The summed E-state index contributed by atoms with van der Waals surface area (Å²) >= 11 is 0. The fourth-order valence-corrected chi connectivity index (χ4v) is 4.09. The van der Waals surface area contributed by atoms with Crippen molar-refractivity contribution >= 4 is 27.6 Å².